The van der Waals surface area contributed by atoms with Crippen molar-refractivity contribution in [3.8, 4) is 23.3 Å². The van der Waals surface area contributed by atoms with E-state index in [1.807, 2.05) is 13.8 Å². The van der Waals surface area contributed by atoms with Gasteiger partial charge in [-0.3, -0.25) is 14.5 Å². The lowest BCUT2D eigenvalue weighted by Gasteiger charge is -2.28. The molecule has 4 aromatic rings. The van der Waals surface area contributed by atoms with Gasteiger partial charge in [0.25, 0.3) is 11.5 Å². The molecule has 10 nitrogen and oxygen atoms in total. The van der Waals surface area contributed by atoms with E-state index in [0.29, 0.717) is 17.1 Å². The normalized spacial score (nSPS) is 14.7. The molecule has 39 heavy (non-hydrogen) atoms. The third-order valence-corrected chi connectivity index (χ3v) is 6.84. The zero-order valence-electron chi connectivity index (χ0n) is 21.6. The summed E-state index contributed by atoms with van der Waals surface area (Å²) < 4.78 is 29.1. The van der Waals surface area contributed by atoms with Gasteiger partial charge in [0.15, 0.2) is 5.69 Å². The van der Waals surface area contributed by atoms with Crippen molar-refractivity contribution in [2.24, 2.45) is 7.05 Å². The first-order chi connectivity index (χ1) is 18.6. The molecular weight excluding hydrogens is 550 g/mol. The fourth-order valence-corrected chi connectivity index (χ4v) is 5.18. The Labute approximate surface area is 232 Å². The van der Waals surface area contributed by atoms with E-state index in [4.69, 9.17) is 32.7 Å². The molecule has 0 saturated carbocycles. The minimum atomic E-state index is -1.07. The Hall–Kier alpha value is -3.96. The Morgan fingerprint density at radius 1 is 1.05 bits per heavy atom. The van der Waals surface area contributed by atoms with Crippen LogP contribution in [0.5, 0.6) is 11.9 Å². The third-order valence-electron chi connectivity index (χ3n) is 6.40. The molecule has 0 saturated heterocycles. The van der Waals surface area contributed by atoms with Gasteiger partial charge in [0, 0.05) is 36.1 Å². The van der Waals surface area contributed by atoms with Gasteiger partial charge in [-0.05, 0) is 32.0 Å². The van der Waals surface area contributed by atoms with E-state index in [0.717, 1.165) is 6.07 Å². The van der Waals surface area contributed by atoms with E-state index in [-0.39, 0.29) is 44.9 Å². The Morgan fingerprint density at radius 3 is 2.44 bits per heavy atom. The highest BCUT2D eigenvalue weighted by molar-refractivity contribution is 6.31. The lowest BCUT2D eigenvalue weighted by Crippen LogP contribution is -2.36. The number of amides is 1. The molecule has 0 bridgehead atoms. The lowest BCUT2D eigenvalue weighted by atomic mass is 10.0. The standard InChI is InChI=1S/C26H23Cl2FN6O4/c1-12(2)34-21-19(31-22(34)16-10-30-26(39-5)32-23(16)38-4)25(37)35(18-9-14(28)11-33(3)24(18)36)20(21)15-7-6-13(27)8-17(15)29/h6-12,20H,1-5H3. The molecule has 1 aromatic carbocycles. The minimum absolute atomic E-state index is 0.0189. The molecule has 0 fully saturated rings. The third kappa shape index (κ3) is 4.31. The second-order valence-electron chi connectivity index (χ2n) is 9.12. The number of aryl methyl sites for hydroxylation is 1. The summed E-state index contributed by atoms with van der Waals surface area (Å²) >= 11 is 12.3. The van der Waals surface area contributed by atoms with E-state index >= 15 is 4.39 Å². The number of aromatic nitrogens is 5. The van der Waals surface area contributed by atoms with Gasteiger partial charge in [-0.25, -0.2) is 14.4 Å². The molecule has 1 aliphatic rings. The molecule has 1 unspecified atom stereocenters. The summed E-state index contributed by atoms with van der Waals surface area (Å²) in [7, 11) is 4.38. The molecule has 1 atom stereocenters. The number of nitrogens with zero attached hydrogens (tertiary/aromatic N) is 6. The smallest absolute Gasteiger partial charge is 0.319 e. The summed E-state index contributed by atoms with van der Waals surface area (Å²) in [4.78, 5) is 41.6. The molecule has 0 spiro atoms. The summed E-state index contributed by atoms with van der Waals surface area (Å²) in [6.45, 7) is 3.78. The number of rotatable bonds is 6. The van der Waals surface area contributed by atoms with Gasteiger partial charge >= 0.3 is 6.01 Å². The number of anilines is 1. The van der Waals surface area contributed by atoms with Crippen LogP contribution in [0, 0.1) is 5.82 Å². The zero-order chi connectivity index (χ0) is 28.2. The average Bonchev–Trinajstić information content (AvgIpc) is 3.41. The van der Waals surface area contributed by atoms with Crippen LogP contribution in [-0.4, -0.2) is 44.2 Å². The molecular formula is C26H23Cl2FN6O4. The van der Waals surface area contributed by atoms with Crippen LogP contribution >= 0.6 is 23.2 Å². The fraction of sp³-hybridized carbons (Fsp3) is 0.269. The number of benzene rings is 1. The molecule has 202 valence electrons. The summed E-state index contributed by atoms with van der Waals surface area (Å²) in [6.07, 6.45) is 2.91. The second-order valence-corrected chi connectivity index (χ2v) is 9.99. The number of methoxy groups -OCH3 is 2. The predicted molar refractivity (Wildman–Crippen MR) is 143 cm³/mol. The molecule has 4 heterocycles. The van der Waals surface area contributed by atoms with Gasteiger partial charge in [0.05, 0.1) is 30.5 Å². The zero-order valence-corrected chi connectivity index (χ0v) is 23.1. The summed E-state index contributed by atoms with van der Waals surface area (Å²) in [5.74, 6) is -0.742. The van der Waals surface area contributed by atoms with Crippen molar-refractivity contribution in [3.05, 3.63) is 79.8 Å². The molecule has 0 radical (unpaired) electrons. The van der Waals surface area contributed by atoms with E-state index in [1.54, 1.807) is 4.57 Å². The van der Waals surface area contributed by atoms with Crippen molar-refractivity contribution in [1.29, 1.82) is 0 Å². The molecule has 0 aliphatic carbocycles. The summed E-state index contributed by atoms with van der Waals surface area (Å²) in [5.41, 5.74) is 0.437. The number of pyridine rings is 1. The van der Waals surface area contributed by atoms with Gasteiger partial charge in [-0.15, -0.1) is 0 Å². The maximum absolute atomic E-state index is 15.5. The molecule has 1 amide bonds. The average molecular weight is 573 g/mol. The fourth-order valence-electron chi connectivity index (χ4n) is 4.77. The Kier molecular flexibility index (Phi) is 6.81. The van der Waals surface area contributed by atoms with Gasteiger partial charge in [0.1, 0.15) is 23.4 Å². The number of hydrogen-bond donors (Lipinski definition) is 0. The highest BCUT2D eigenvalue weighted by Crippen LogP contribution is 2.45. The van der Waals surface area contributed by atoms with E-state index < -0.39 is 23.3 Å². The van der Waals surface area contributed by atoms with Crippen LogP contribution < -0.4 is 19.9 Å². The van der Waals surface area contributed by atoms with E-state index in [9.17, 15) is 9.59 Å². The SMILES string of the molecule is COc1ncc(-c2nc3c(n2C(C)C)C(c2ccc(Cl)cc2F)N(c2cc(Cl)cn(C)c2=O)C3=O)c(OC)n1. The quantitative estimate of drug-likeness (QED) is 0.326. The number of imidazole rings is 1. The Bertz CT molecular complexity index is 1690. The predicted octanol–water partition coefficient (Wildman–Crippen LogP) is 4.83. The van der Waals surface area contributed by atoms with Gasteiger partial charge in [-0.2, -0.15) is 4.98 Å². The molecule has 1 aliphatic heterocycles. The monoisotopic (exact) mass is 572 g/mol. The number of carbonyl (C=O) groups excluding carboxylic acids is 1. The maximum atomic E-state index is 15.5. The van der Waals surface area contributed by atoms with Crippen LogP contribution in [0.2, 0.25) is 10.0 Å². The van der Waals surface area contributed by atoms with Crippen LogP contribution in [-0.2, 0) is 7.05 Å². The molecule has 13 heteroatoms. The Morgan fingerprint density at radius 2 is 1.79 bits per heavy atom. The van der Waals surface area contributed by atoms with Crippen LogP contribution in [0.1, 0.15) is 47.7 Å². The topological polar surface area (TPSA) is 104 Å². The first kappa shape index (κ1) is 26.6. The largest absolute Gasteiger partial charge is 0.480 e. The van der Waals surface area contributed by atoms with Crippen LogP contribution in [0.25, 0.3) is 11.4 Å². The highest BCUT2D eigenvalue weighted by atomic mass is 35.5. The van der Waals surface area contributed by atoms with E-state index in [1.165, 1.54) is 61.3 Å². The van der Waals surface area contributed by atoms with Crippen molar-refractivity contribution in [2.45, 2.75) is 25.9 Å². The second kappa shape index (κ2) is 9.97. The maximum Gasteiger partial charge on any atom is 0.319 e. The first-order valence-electron chi connectivity index (χ1n) is 11.8. The number of hydrogen-bond acceptors (Lipinski definition) is 7. The van der Waals surface area contributed by atoms with Gasteiger partial charge < -0.3 is 18.6 Å². The Balaban J connectivity index is 1.83. The highest BCUT2D eigenvalue weighted by Gasteiger charge is 2.47. The number of ether oxygens (including phenoxy) is 2. The van der Waals surface area contributed by atoms with Crippen LogP contribution in [0.15, 0.2) is 41.5 Å². The number of fused-ring (bicyclic) bond motifs is 1. The van der Waals surface area contributed by atoms with E-state index in [2.05, 4.69) is 15.0 Å². The van der Waals surface area contributed by atoms with Crippen molar-refractivity contribution in [1.82, 2.24) is 24.1 Å². The van der Waals surface area contributed by atoms with Crippen molar-refractivity contribution in [3.63, 3.8) is 0 Å². The summed E-state index contributed by atoms with van der Waals surface area (Å²) in [5, 5.41) is 0.413. The van der Waals surface area contributed by atoms with Crippen LogP contribution in [0.3, 0.4) is 0 Å². The molecule has 5 rings (SSSR count). The van der Waals surface area contributed by atoms with Gasteiger partial charge in [-0.1, -0.05) is 29.3 Å². The van der Waals surface area contributed by atoms with Crippen molar-refractivity contribution >= 4 is 34.8 Å². The molecule has 0 N–H and O–H groups in total. The lowest BCUT2D eigenvalue weighted by molar-refractivity contribution is 0.0989. The minimum Gasteiger partial charge on any atom is -0.480 e. The van der Waals surface area contributed by atoms with Crippen LogP contribution in [0.4, 0.5) is 10.1 Å². The first-order valence-corrected chi connectivity index (χ1v) is 12.5. The van der Waals surface area contributed by atoms with Crippen molar-refractivity contribution in [2.75, 3.05) is 19.1 Å². The number of carbonyl (C=O) groups is 1. The molecule has 3 aromatic heterocycles. The summed E-state index contributed by atoms with van der Waals surface area (Å²) in [6, 6.07) is 4.31. The number of halogens is 3. The van der Waals surface area contributed by atoms with Crippen molar-refractivity contribution < 1.29 is 18.7 Å². The van der Waals surface area contributed by atoms with Gasteiger partial charge in [0.2, 0.25) is 5.88 Å².